The zero-order chi connectivity index (χ0) is 12.6. The van der Waals surface area contributed by atoms with E-state index in [0.717, 1.165) is 6.42 Å². The lowest BCUT2D eigenvalue weighted by atomic mass is 10.1. The van der Waals surface area contributed by atoms with Crippen LogP contribution >= 0.6 is 11.3 Å². The van der Waals surface area contributed by atoms with Crippen LogP contribution in [0.15, 0.2) is 15.7 Å². The summed E-state index contributed by atoms with van der Waals surface area (Å²) in [6.45, 7) is 4.50. The smallest absolute Gasteiger partial charge is 0.252 e. The molecule has 1 aromatic rings. The van der Waals surface area contributed by atoms with Crippen LogP contribution in [-0.4, -0.2) is 30.4 Å². The van der Waals surface area contributed by atoms with Gasteiger partial charge in [-0.15, -0.1) is 11.3 Å². The monoisotopic (exact) mass is 275 g/mol. The second kappa shape index (κ2) is 4.68. The lowest BCUT2D eigenvalue weighted by molar-refractivity contribution is 0.282. The van der Waals surface area contributed by atoms with E-state index in [1.165, 1.54) is 11.3 Å². The molecule has 1 fully saturated rings. The van der Waals surface area contributed by atoms with E-state index in [1.807, 2.05) is 6.92 Å². The Hall–Kier alpha value is -0.430. The number of hydrogen-bond donors (Lipinski definition) is 1. The molecule has 2 unspecified atom stereocenters. The van der Waals surface area contributed by atoms with Gasteiger partial charge in [-0.3, -0.25) is 0 Å². The first-order valence-electron chi connectivity index (χ1n) is 5.65. The Bertz CT molecular complexity index is 495. The summed E-state index contributed by atoms with van der Waals surface area (Å²) in [5.74, 6) is 0.414. The Labute approximate surface area is 106 Å². The molecule has 17 heavy (non-hydrogen) atoms. The third-order valence-corrected chi connectivity index (χ3v) is 6.55. The number of aliphatic hydroxyl groups excluding tert-OH is 1. The summed E-state index contributed by atoms with van der Waals surface area (Å²) in [6.07, 6.45) is 0.914. The minimum atomic E-state index is -3.37. The summed E-state index contributed by atoms with van der Waals surface area (Å²) < 4.78 is 26.7. The van der Waals surface area contributed by atoms with Crippen LogP contribution in [-0.2, 0) is 16.6 Å². The lowest BCUT2D eigenvalue weighted by Crippen LogP contribution is -2.33. The third kappa shape index (κ3) is 2.40. The largest absolute Gasteiger partial charge is 0.392 e. The zero-order valence-corrected chi connectivity index (χ0v) is 11.6. The summed E-state index contributed by atoms with van der Waals surface area (Å²) in [5.41, 5.74) is 0.661. The molecule has 6 heteroatoms. The SMILES string of the molecule is CC1CC(C)N(S(=O)(=O)c2cc(CO)cs2)C1. The van der Waals surface area contributed by atoms with Gasteiger partial charge in [-0.1, -0.05) is 6.92 Å². The molecule has 1 saturated heterocycles. The van der Waals surface area contributed by atoms with Crippen LogP contribution in [0, 0.1) is 5.92 Å². The summed E-state index contributed by atoms with van der Waals surface area (Å²) in [6, 6.07) is 1.63. The van der Waals surface area contributed by atoms with Crippen molar-refractivity contribution in [1.29, 1.82) is 0 Å². The van der Waals surface area contributed by atoms with Gasteiger partial charge in [-0.2, -0.15) is 4.31 Å². The van der Waals surface area contributed by atoms with E-state index >= 15 is 0 Å². The fourth-order valence-electron chi connectivity index (χ4n) is 2.28. The zero-order valence-electron chi connectivity index (χ0n) is 9.96. The quantitative estimate of drug-likeness (QED) is 0.912. The van der Waals surface area contributed by atoms with Crippen LogP contribution in [0.4, 0.5) is 0 Å². The molecule has 2 atom stereocenters. The van der Waals surface area contributed by atoms with Gasteiger partial charge in [0, 0.05) is 12.6 Å². The summed E-state index contributed by atoms with van der Waals surface area (Å²) in [5, 5.41) is 10.7. The van der Waals surface area contributed by atoms with Gasteiger partial charge in [0.05, 0.1) is 6.61 Å². The molecule has 4 nitrogen and oxygen atoms in total. The van der Waals surface area contributed by atoms with Crippen molar-refractivity contribution in [3.63, 3.8) is 0 Å². The minimum absolute atomic E-state index is 0.0645. The van der Waals surface area contributed by atoms with E-state index in [4.69, 9.17) is 5.11 Å². The van der Waals surface area contributed by atoms with Gasteiger partial charge in [0.25, 0.3) is 10.0 Å². The van der Waals surface area contributed by atoms with E-state index in [0.29, 0.717) is 22.2 Å². The first kappa shape index (κ1) is 13.0. The van der Waals surface area contributed by atoms with Gasteiger partial charge >= 0.3 is 0 Å². The molecule has 1 aliphatic rings. The van der Waals surface area contributed by atoms with Crippen LogP contribution in [0.25, 0.3) is 0 Å². The molecule has 2 heterocycles. The van der Waals surface area contributed by atoms with Crippen LogP contribution in [0.2, 0.25) is 0 Å². The Balaban J connectivity index is 2.30. The maximum absolute atomic E-state index is 12.4. The molecule has 1 aromatic heterocycles. The van der Waals surface area contributed by atoms with Gasteiger partial charge in [-0.05, 0) is 36.3 Å². The Kier molecular flexibility index (Phi) is 3.58. The Morgan fingerprint density at radius 3 is 2.71 bits per heavy atom. The number of rotatable bonds is 3. The van der Waals surface area contributed by atoms with E-state index < -0.39 is 10.0 Å². The van der Waals surface area contributed by atoms with Crippen molar-refractivity contribution in [3.05, 3.63) is 17.0 Å². The molecule has 1 aliphatic heterocycles. The van der Waals surface area contributed by atoms with Gasteiger partial charge in [0.2, 0.25) is 0 Å². The summed E-state index contributed by atoms with van der Waals surface area (Å²) >= 11 is 1.18. The second-order valence-corrected chi connectivity index (χ2v) is 7.73. The van der Waals surface area contributed by atoms with Crippen molar-refractivity contribution in [2.75, 3.05) is 6.54 Å². The molecule has 0 aliphatic carbocycles. The summed E-state index contributed by atoms with van der Waals surface area (Å²) in [7, 11) is -3.37. The fraction of sp³-hybridized carbons (Fsp3) is 0.636. The van der Waals surface area contributed by atoms with Crippen molar-refractivity contribution in [3.8, 4) is 0 Å². The lowest BCUT2D eigenvalue weighted by Gasteiger charge is -2.19. The van der Waals surface area contributed by atoms with Crippen molar-refractivity contribution in [2.45, 2.75) is 37.1 Å². The van der Waals surface area contributed by atoms with Crippen LogP contribution < -0.4 is 0 Å². The topological polar surface area (TPSA) is 57.6 Å². The predicted octanol–water partition coefficient (Wildman–Crippen LogP) is 1.66. The van der Waals surface area contributed by atoms with Gasteiger partial charge in [0.1, 0.15) is 4.21 Å². The Morgan fingerprint density at radius 2 is 2.24 bits per heavy atom. The highest BCUT2D eigenvalue weighted by Gasteiger charge is 2.36. The average molecular weight is 275 g/mol. The van der Waals surface area contributed by atoms with Crippen LogP contribution in [0.5, 0.6) is 0 Å². The number of nitrogens with zero attached hydrogens (tertiary/aromatic N) is 1. The summed E-state index contributed by atoms with van der Waals surface area (Å²) in [4.78, 5) is 0. The number of thiophene rings is 1. The molecule has 0 saturated carbocycles. The Morgan fingerprint density at radius 1 is 1.53 bits per heavy atom. The fourth-order valence-corrected chi connectivity index (χ4v) is 5.37. The number of hydrogen-bond acceptors (Lipinski definition) is 4. The van der Waals surface area contributed by atoms with E-state index in [9.17, 15) is 8.42 Å². The van der Waals surface area contributed by atoms with E-state index in [-0.39, 0.29) is 12.6 Å². The van der Waals surface area contributed by atoms with Crippen molar-refractivity contribution >= 4 is 21.4 Å². The third-order valence-electron chi connectivity index (χ3n) is 3.10. The molecular formula is C11H17NO3S2. The van der Waals surface area contributed by atoms with E-state index in [1.54, 1.807) is 15.8 Å². The first-order valence-corrected chi connectivity index (χ1v) is 7.97. The molecule has 2 rings (SSSR count). The maximum Gasteiger partial charge on any atom is 0.252 e. The predicted molar refractivity (Wildman–Crippen MR) is 67.4 cm³/mol. The molecule has 1 N–H and O–H groups in total. The van der Waals surface area contributed by atoms with Gasteiger partial charge < -0.3 is 5.11 Å². The highest BCUT2D eigenvalue weighted by Crippen LogP contribution is 2.31. The highest BCUT2D eigenvalue weighted by molar-refractivity contribution is 7.91. The minimum Gasteiger partial charge on any atom is -0.392 e. The maximum atomic E-state index is 12.4. The van der Waals surface area contributed by atoms with Crippen LogP contribution in [0.3, 0.4) is 0 Å². The van der Waals surface area contributed by atoms with E-state index in [2.05, 4.69) is 6.92 Å². The van der Waals surface area contributed by atoms with Crippen molar-refractivity contribution in [2.24, 2.45) is 5.92 Å². The normalized spacial score (nSPS) is 26.5. The van der Waals surface area contributed by atoms with Gasteiger partial charge in [0.15, 0.2) is 0 Å². The first-order chi connectivity index (χ1) is 7.95. The molecule has 0 bridgehead atoms. The second-order valence-electron chi connectivity index (χ2n) is 4.70. The molecular weight excluding hydrogens is 258 g/mol. The molecule has 96 valence electrons. The standard InChI is InChI=1S/C11H17NO3S2/c1-8-3-9(2)12(5-8)17(14,15)11-4-10(6-13)7-16-11/h4,7-9,13H,3,5-6H2,1-2H3. The molecule has 0 radical (unpaired) electrons. The highest BCUT2D eigenvalue weighted by atomic mass is 32.2. The average Bonchev–Trinajstić information content (AvgIpc) is 2.85. The van der Waals surface area contributed by atoms with Crippen molar-refractivity contribution in [1.82, 2.24) is 4.31 Å². The molecule has 0 aromatic carbocycles. The number of aliphatic hydroxyl groups is 1. The molecule has 0 amide bonds. The van der Waals surface area contributed by atoms with Crippen molar-refractivity contribution < 1.29 is 13.5 Å². The van der Waals surface area contributed by atoms with Crippen LogP contribution in [0.1, 0.15) is 25.8 Å². The number of sulfonamides is 1. The molecule has 0 spiro atoms. The van der Waals surface area contributed by atoms with Gasteiger partial charge in [-0.25, -0.2) is 8.42 Å².